The summed E-state index contributed by atoms with van der Waals surface area (Å²) in [6.07, 6.45) is 3.47. The topological polar surface area (TPSA) is 75.7 Å². The van der Waals surface area contributed by atoms with E-state index in [0.29, 0.717) is 30.3 Å². The number of rotatable bonds is 3. The van der Waals surface area contributed by atoms with Gasteiger partial charge in [-0.3, -0.25) is 4.79 Å². The average molecular weight is 321 g/mol. The lowest BCUT2D eigenvalue weighted by Gasteiger charge is -2.18. The van der Waals surface area contributed by atoms with Gasteiger partial charge in [0.1, 0.15) is 13.2 Å². The third-order valence-electron chi connectivity index (χ3n) is 3.80. The molecule has 0 saturated heterocycles. The molecule has 2 N–H and O–H groups in total. The van der Waals surface area contributed by atoms with Gasteiger partial charge in [0.15, 0.2) is 11.5 Å². The molecular weight excluding hydrogens is 306 g/mol. The summed E-state index contributed by atoms with van der Waals surface area (Å²) in [6.45, 7) is 1.00. The predicted octanol–water partition coefficient (Wildman–Crippen LogP) is 2.70. The van der Waals surface area contributed by atoms with Crippen molar-refractivity contribution >= 4 is 23.0 Å². The van der Waals surface area contributed by atoms with Crippen LogP contribution in [0, 0.1) is 0 Å². The first kappa shape index (κ1) is 14.3. The van der Waals surface area contributed by atoms with E-state index in [-0.39, 0.29) is 5.91 Å². The molecule has 0 radical (unpaired) electrons. The van der Waals surface area contributed by atoms with Gasteiger partial charge in [-0.2, -0.15) is 5.10 Å². The lowest BCUT2D eigenvalue weighted by molar-refractivity contribution is 0.0954. The third-order valence-corrected chi connectivity index (χ3v) is 3.80. The Morgan fingerprint density at radius 3 is 2.88 bits per heavy atom. The lowest BCUT2D eigenvalue weighted by atomic mass is 10.2. The number of aromatic amines is 1. The first-order valence-corrected chi connectivity index (χ1v) is 7.60. The Hall–Kier alpha value is -3.28. The van der Waals surface area contributed by atoms with E-state index in [0.717, 1.165) is 16.5 Å². The summed E-state index contributed by atoms with van der Waals surface area (Å²) in [5, 5.41) is 5.09. The van der Waals surface area contributed by atoms with Crippen LogP contribution in [0.2, 0.25) is 0 Å². The van der Waals surface area contributed by atoms with Crippen LogP contribution in [0.4, 0.5) is 0 Å². The molecule has 0 saturated carbocycles. The first-order valence-electron chi connectivity index (χ1n) is 7.60. The smallest absolute Gasteiger partial charge is 0.271 e. The van der Waals surface area contributed by atoms with Crippen LogP contribution in [-0.4, -0.2) is 30.3 Å². The minimum Gasteiger partial charge on any atom is -0.486 e. The average Bonchev–Trinajstić information content (AvgIpc) is 3.04. The zero-order chi connectivity index (χ0) is 16.4. The second-order valence-electron chi connectivity index (χ2n) is 5.35. The van der Waals surface area contributed by atoms with E-state index in [1.54, 1.807) is 24.4 Å². The molecule has 1 amide bonds. The van der Waals surface area contributed by atoms with Crippen molar-refractivity contribution in [1.29, 1.82) is 0 Å². The zero-order valence-electron chi connectivity index (χ0n) is 12.8. The van der Waals surface area contributed by atoms with Crippen molar-refractivity contribution in [2.24, 2.45) is 5.10 Å². The molecule has 0 fully saturated rings. The Balaban J connectivity index is 1.48. The van der Waals surface area contributed by atoms with Gasteiger partial charge in [-0.25, -0.2) is 5.43 Å². The number of carbonyl (C=O) groups excluding carboxylic acids is 1. The van der Waals surface area contributed by atoms with Crippen molar-refractivity contribution < 1.29 is 14.3 Å². The number of amides is 1. The zero-order valence-corrected chi connectivity index (χ0v) is 12.8. The summed E-state index contributed by atoms with van der Waals surface area (Å²) in [6, 6.07) is 13.0. The molecule has 24 heavy (non-hydrogen) atoms. The van der Waals surface area contributed by atoms with E-state index in [4.69, 9.17) is 9.47 Å². The monoisotopic (exact) mass is 321 g/mol. The molecule has 2 aromatic carbocycles. The van der Waals surface area contributed by atoms with Crippen LogP contribution in [-0.2, 0) is 0 Å². The number of nitrogens with zero attached hydrogens (tertiary/aromatic N) is 1. The standard InChI is InChI=1S/C18H15N3O3/c22-18(12-5-6-16-17(9-12)24-8-7-23-16)21-20-11-13-10-19-15-4-2-1-3-14(13)15/h1-6,9-11,19H,7-8H2,(H,21,22)/b20-11+. The molecule has 1 aromatic heterocycles. The quantitative estimate of drug-likeness (QED) is 0.575. The number of hydrogen-bond acceptors (Lipinski definition) is 4. The van der Waals surface area contributed by atoms with Gasteiger partial charge in [0.2, 0.25) is 0 Å². The van der Waals surface area contributed by atoms with E-state index in [1.165, 1.54) is 0 Å². The number of para-hydroxylation sites is 1. The highest BCUT2D eigenvalue weighted by molar-refractivity contribution is 6.00. The molecule has 3 aromatic rings. The minimum absolute atomic E-state index is 0.303. The SMILES string of the molecule is O=C(N/N=C/c1c[nH]c2ccccc12)c1ccc2c(c1)OCCO2. The van der Waals surface area contributed by atoms with Gasteiger partial charge >= 0.3 is 0 Å². The van der Waals surface area contributed by atoms with Gasteiger partial charge < -0.3 is 14.5 Å². The van der Waals surface area contributed by atoms with E-state index >= 15 is 0 Å². The van der Waals surface area contributed by atoms with Gasteiger partial charge in [-0.05, 0) is 24.3 Å². The number of nitrogens with one attached hydrogen (secondary N) is 2. The normalized spacial score (nSPS) is 13.3. The van der Waals surface area contributed by atoms with Gasteiger partial charge in [-0.15, -0.1) is 0 Å². The summed E-state index contributed by atoms with van der Waals surface area (Å²) >= 11 is 0. The van der Waals surface area contributed by atoms with Crippen molar-refractivity contribution in [3.63, 3.8) is 0 Å². The number of hydrogen-bond donors (Lipinski definition) is 2. The maximum atomic E-state index is 12.2. The Morgan fingerprint density at radius 1 is 1.12 bits per heavy atom. The number of aromatic nitrogens is 1. The third kappa shape index (κ3) is 2.69. The molecular formula is C18H15N3O3. The highest BCUT2D eigenvalue weighted by Gasteiger charge is 2.14. The van der Waals surface area contributed by atoms with E-state index in [9.17, 15) is 4.79 Å². The molecule has 0 atom stereocenters. The summed E-state index contributed by atoms with van der Waals surface area (Å²) in [5.74, 6) is 0.928. The number of carbonyl (C=O) groups is 1. The fourth-order valence-electron chi connectivity index (χ4n) is 2.61. The molecule has 1 aliphatic heterocycles. The minimum atomic E-state index is -0.303. The second kappa shape index (κ2) is 6.08. The molecule has 1 aliphatic rings. The van der Waals surface area contributed by atoms with E-state index in [2.05, 4.69) is 15.5 Å². The number of hydrazone groups is 1. The Kier molecular flexibility index (Phi) is 3.63. The molecule has 4 rings (SSSR count). The summed E-state index contributed by atoms with van der Waals surface area (Å²) < 4.78 is 10.9. The number of H-pyrrole nitrogens is 1. The molecule has 0 bridgehead atoms. The number of fused-ring (bicyclic) bond motifs is 2. The predicted molar refractivity (Wildman–Crippen MR) is 90.8 cm³/mol. The Labute approximate surface area is 138 Å². The van der Waals surface area contributed by atoms with Gasteiger partial charge in [0.25, 0.3) is 5.91 Å². The Morgan fingerprint density at radius 2 is 1.96 bits per heavy atom. The van der Waals surface area contributed by atoms with Crippen molar-refractivity contribution in [1.82, 2.24) is 10.4 Å². The summed E-state index contributed by atoms with van der Waals surface area (Å²) in [4.78, 5) is 15.4. The molecule has 0 spiro atoms. The van der Waals surface area contributed by atoms with Crippen molar-refractivity contribution in [2.45, 2.75) is 0 Å². The van der Waals surface area contributed by atoms with Crippen molar-refractivity contribution in [3.8, 4) is 11.5 Å². The fraction of sp³-hybridized carbons (Fsp3) is 0.111. The molecule has 0 aliphatic carbocycles. The number of benzene rings is 2. The van der Waals surface area contributed by atoms with Crippen LogP contribution in [0.5, 0.6) is 11.5 Å². The molecule has 6 heteroatoms. The van der Waals surface area contributed by atoms with Crippen LogP contribution in [0.3, 0.4) is 0 Å². The second-order valence-corrected chi connectivity index (χ2v) is 5.35. The number of ether oxygens (including phenoxy) is 2. The molecule has 0 unspecified atom stereocenters. The van der Waals surface area contributed by atoms with Crippen LogP contribution < -0.4 is 14.9 Å². The van der Waals surface area contributed by atoms with Crippen LogP contribution >= 0.6 is 0 Å². The lowest BCUT2D eigenvalue weighted by Crippen LogP contribution is -2.19. The maximum absolute atomic E-state index is 12.2. The van der Waals surface area contributed by atoms with Crippen LogP contribution in [0.1, 0.15) is 15.9 Å². The van der Waals surface area contributed by atoms with Crippen molar-refractivity contribution in [3.05, 3.63) is 59.8 Å². The van der Waals surface area contributed by atoms with Gasteiger partial charge in [-0.1, -0.05) is 18.2 Å². The first-order chi connectivity index (χ1) is 11.8. The highest BCUT2D eigenvalue weighted by atomic mass is 16.6. The molecule has 2 heterocycles. The van der Waals surface area contributed by atoms with Crippen LogP contribution in [0.15, 0.2) is 53.8 Å². The van der Waals surface area contributed by atoms with Gasteiger partial charge in [0, 0.05) is 28.2 Å². The van der Waals surface area contributed by atoms with E-state index < -0.39 is 0 Å². The molecule has 6 nitrogen and oxygen atoms in total. The summed E-state index contributed by atoms with van der Waals surface area (Å²) in [7, 11) is 0. The van der Waals surface area contributed by atoms with Gasteiger partial charge in [0.05, 0.1) is 6.21 Å². The highest BCUT2D eigenvalue weighted by Crippen LogP contribution is 2.30. The Bertz CT molecular complexity index is 930. The van der Waals surface area contributed by atoms with E-state index in [1.807, 2.05) is 30.5 Å². The van der Waals surface area contributed by atoms with Crippen molar-refractivity contribution in [2.75, 3.05) is 13.2 Å². The van der Waals surface area contributed by atoms with Crippen LogP contribution in [0.25, 0.3) is 10.9 Å². The summed E-state index contributed by atoms with van der Waals surface area (Å²) in [5.41, 5.74) is 4.93. The molecule has 120 valence electrons. The fourth-order valence-corrected chi connectivity index (χ4v) is 2.61. The largest absolute Gasteiger partial charge is 0.486 e. The maximum Gasteiger partial charge on any atom is 0.271 e.